The summed E-state index contributed by atoms with van der Waals surface area (Å²) < 4.78 is 0. The van der Waals surface area contributed by atoms with Gasteiger partial charge in [0.1, 0.15) is 5.69 Å². The lowest BCUT2D eigenvalue weighted by Crippen LogP contribution is -2.23. The first-order valence-electron chi connectivity index (χ1n) is 5.13. The maximum atomic E-state index is 11.7. The van der Waals surface area contributed by atoms with Crippen molar-refractivity contribution in [3.8, 4) is 0 Å². The summed E-state index contributed by atoms with van der Waals surface area (Å²) in [5, 5.41) is 5.37. The number of thiazole rings is 1. The zero-order chi connectivity index (χ0) is 12.3. The first-order valence-corrected chi connectivity index (χ1v) is 6.01. The number of hydrogen-bond donors (Lipinski definition) is 1. The highest BCUT2D eigenvalue weighted by atomic mass is 32.1. The van der Waals surface area contributed by atoms with Gasteiger partial charge in [0.15, 0.2) is 0 Å². The monoisotopic (exact) mass is 248 g/mol. The molecule has 0 spiro atoms. The molecule has 0 unspecified atom stereocenters. The molecule has 0 saturated heterocycles. The molecule has 0 aromatic carbocycles. The van der Waals surface area contributed by atoms with Crippen LogP contribution in [0.25, 0.3) is 0 Å². The highest BCUT2D eigenvalue weighted by molar-refractivity contribution is 7.09. The van der Waals surface area contributed by atoms with Crippen molar-refractivity contribution in [3.05, 3.63) is 39.9 Å². The first kappa shape index (κ1) is 11.7. The molecule has 6 heteroatoms. The van der Waals surface area contributed by atoms with Gasteiger partial charge in [-0.1, -0.05) is 0 Å². The van der Waals surface area contributed by atoms with E-state index in [1.807, 2.05) is 13.8 Å². The quantitative estimate of drug-likeness (QED) is 0.893. The molecule has 0 fully saturated rings. The van der Waals surface area contributed by atoms with Crippen molar-refractivity contribution in [1.29, 1.82) is 0 Å². The number of hydrogen-bond acceptors (Lipinski definition) is 5. The number of carbonyl (C=O) groups excluding carboxylic acids is 1. The molecule has 0 radical (unpaired) electrons. The van der Waals surface area contributed by atoms with Crippen molar-refractivity contribution in [1.82, 2.24) is 20.3 Å². The fraction of sp³-hybridized carbons (Fsp3) is 0.273. The van der Waals surface area contributed by atoms with E-state index >= 15 is 0 Å². The second kappa shape index (κ2) is 5.01. The number of nitrogens with one attached hydrogen (secondary N) is 1. The Morgan fingerprint density at radius 1 is 1.35 bits per heavy atom. The number of aryl methyl sites for hydroxylation is 2. The highest BCUT2D eigenvalue weighted by Gasteiger charge is 2.08. The van der Waals surface area contributed by atoms with Gasteiger partial charge in [0.2, 0.25) is 0 Å². The van der Waals surface area contributed by atoms with E-state index < -0.39 is 0 Å². The summed E-state index contributed by atoms with van der Waals surface area (Å²) >= 11 is 1.46. The largest absolute Gasteiger partial charge is 0.345 e. The molecule has 2 aromatic heterocycles. The van der Waals surface area contributed by atoms with Crippen LogP contribution < -0.4 is 5.32 Å². The third kappa shape index (κ3) is 3.07. The Morgan fingerprint density at radius 2 is 2.18 bits per heavy atom. The molecule has 2 rings (SSSR count). The SMILES string of the molecule is Cc1cnc(CNC(=O)c2csc(C)n2)cn1. The Hall–Kier alpha value is -1.82. The van der Waals surface area contributed by atoms with Gasteiger partial charge in [0.05, 0.1) is 29.1 Å². The van der Waals surface area contributed by atoms with Crippen LogP contribution in [0.3, 0.4) is 0 Å². The van der Waals surface area contributed by atoms with Crippen LogP contribution in [0.15, 0.2) is 17.8 Å². The number of nitrogens with zero attached hydrogens (tertiary/aromatic N) is 3. The number of amides is 1. The van der Waals surface area contributed by atoms with Gasteiger partial charge < -0.3 is 5.32 Å². The Bertz CT molecular complexity index is 521. The number of carbonyl (C=O) groups is 1. The minimum atomic E-state index is -0.184. The summed E-state index contributed by atoms with van der Waals surface area (Å²) in [5.41, 5.74) is 2.04. The standard InChI is InChI=1S/C11H12N4OS/c1-7-3-13-9(4-12-7)5-14-11(16)10-6-17-8(2)15-10/h3-4,6H,5H2,1-2H3,(H,14,16). The summed E-state index contributed by atoms with van der Waals surface area (Å²) in [6, 6.07) is 0. The normalized spacial score (nSPS) is 10.2. The summed E-state index contributed by atoms with van der Waals surface area (Å²) in [5.74, 6) is -0.184. The second-order valence-corrected chi connectivity index (χ2v) is 4.65. The van der Waals surface area contributed by atoms with E-state index in [0.717, 1.165) is 16.4 Å². The van der Waals surface area contributed by atoms with Crippen LogP contribution >= 0.6 is 11.3 Å². The molecule has 0 aliphatic rings. The lowest BCUT2D eigenvalue weighted by Gasteiger charge is -2.02. The van der Waals surface area contributed by atoms with Crippen LogP contribution in [0, 0.1) is 13.8 Å². The third-order valence-electron chi connectivity index (χ3n) is 2.12. The van der Waals surface area contributed by atoms with Crippen molar-refractivity contribution in [2.75, 3.05) is 0 Å². The van der Waals surface area contributed by atoms with Crippen molar-refractivity contribution < 1.29 is 4.79 Å². The molecule has 17 heavy (non-hydrogen) atoms. The van der Waals surface area contributed by atoms with E-state index in [1.54, 1.807) is 17.8 Å². The fourth-order valence-electron chi connectivity index (χ4n) is 1.24. The molecule has 5 nitrogen and oxygen atoms in total. The average Bonchev–Trinajstić information content (AvgIpc) is 2.75. The van der Waals surface area contributed by atoms with E-state index in [9.17, 15) is 4.79 Å². The highest BCUT2D eigenvalue weighted by Crippen LogP contribution is 2.07. The van der Waals surface area contributed by atoms with Gasteiger partial charge in [-0.15, -0.1) is 11.3 Å². The molecular weight excluding hydrogens is 236 g/mol. The van der Waals surface area contributed by atoms with Crippen molar-refractivity contribution in [2.24, 2.45) is 0 Å². The first-order chi connectivity index (χ1) is 8.15. The van der Waals surface area contributed by atoms with E-state index in [2.05, 4.69) is 20.3 Å². The molecular formula is C11H12N4OS. The second-order valence-electron chi connectivity index (χ2n) is 3.58. The van der Waals surface area contributed by atoms with Crippen LogP contribution in [0.1, 0.15) is 26.9 Å². The predicted molar refractivity (Wildman–Crippen MR) is 64.8 cm³/mol. The number of aromatic nitrogens is 3. The zero-order valence-electron chi connectivity index (χ0n) is 9.60. The lowest BCUT2D eigenvalue weighted by molar-refractivity contribution is 0.0946. The van der Waals surface area contributed by atoms with E-state index in [1.165, 1.54) is 11.3 Å². The fourth-order valence-corrected chi connectivity index (χ4v) is 1.83. The topological polar surface area (TPSA) is 67.8 Å². The smallest absolute Gasteiger partial charge is 0.271 e. The van der Waals surface area contributed by atoms with Gasteiger partial charge in [0, 0.05) is 11.6 Å². The Labute approximate surface area is 103 Å². The molecule has 2 heterocycles. The van der Waals surface area contributed by atoms with Crippen molar-refractivity contribution in [3.63, 3.8) is 0 Å². The molecule has 0 aliphatic carbocycles. The van der Waals surface area contributed by atoms with Crippen LogP contribution in [-0.2, 0) is 6.54 Å². The minimum absolute atomic E-state index is 0.184. The van der Waals surface area contributed by atoms with Gasteiger partial charge in [-0.25, -0.2) is 4.98 Å². The Balaban J connectivity index is 1.94. The minimum Gasteiger partial charge on any atom is -0.345 e. The molecule has 1 N–H and O–H groups in total. The Kier molecular flexibility index (Phi) is 3.43. The van der Waals surface area contributed by atoms with Gasteiger partial charge in [-0.3, -0.25) is 14.8 Å². The van der Waals surface area contributed by atoms with Crippen LogP contribution in [0.5, 0.6) is 0 Å². The molecule has 0 atom stereocenters. The third-order valence-corrected chi connectivity index (χ3v) is 2.89. The van der Waals surface area contributed by atoms with Crippen LogP contribution in [0.2, 0.25) is 0 Å². The summed E-state index contributed by atoms with van der Waals surface area (Å²) in [4.78, 5) is 24.1. The van der Waals surface area contributed by atoms with E-state index in [-0.39, 0.29) is 5.91 Å². The van der Waals surface area contributed by atoms with Gasteiger partial charge in [-0.2, -0.15) is 0 Å². The summed E-state index contributed by atoms with van der Waals surface area (Å²) in [6.07, 6.45) is 3.33. The van der Waals surface area contributed by atoms with Crippen molar-refractivity contribution in [2.45, 2.75) is 20.4 Å². The Morgan fingerprint density at radius 3 is 2.76 bits per heavy atom. The van der Waals surface area contributed by atoms with E-state index in [4.69, 9.17) is 0 Å². The van der Waals surface area contributed by atoms with E-state index in [0.29, 0.717) is 12.2 Å². The average molecular weight is 248 g/mol. The maximum absolute atomic E-state index is 11.7. The molecule has 2 aromatic rings. The molecule has 0 aliphatic heterocycles. The molecule has 1 amide bonds. The number of rotatable bonds is 3. The molecule has 88 valence electrons. The summed E-state index contributed by atoms with van der Waals surface area (Å²) in [6.45, 7) is 4.10. The van der Waals surface area contributed by atoms with Crippen LogP contribution in [-0.4, -0.2) is 20.9 Å². The van der Waals surface area contributed by atoms with Crippen molar-refractivity contribution >= 4 is 17.2 Å². The maximum Gasteiger partial charge on any atom is 0.271 e. The molecule has 0 bridgehead atoms. The van der Waals surface area contributed by atoms with Crippen LogP contribution in [0.4, 0.5) is 0 Å². The predicted octanol–water partition coefficient (Wildman–Crippen LogP) is 1.48. The van der Waals surface area contributed by atoms with Gasteiger partial charge in [-0.05, 0) is 13.8 Å². The lowest BCUT2D eigenvalue weighted by atomic mass is 10.4. The molecule has 0 saturated carbocycles. The van der Waals surface area contributed by atoms with Gasteiger partial charge in [0.25, 0.3) is 5.91 Å². The van der Waals surface area contributed by atoms with Gasteiger partial charge >= 0.3 is 0 Å². The zero-order valence-corrected chi connectivity index (χ0v) is 10.4. The summed E-state index contributed by atoms with van der Waals surface area (Å²) in [7, 11) is 0.